The van der Waals surface area contributed by atoms with Crippen LogP contribution in [0, 0.1) is 0 Å². The molecule has 2 aromatic rings. The zero-order valence-electron chi connectivity index (χ0n) is 9.06. The number of hydrogen-bond donors (Lipinski definition) is 0. The fourth-order valence-corrected chi connectivity index (χ4v) is 1.55. The van der Waals surface area contributed by atoms with E-state index in [-0.39, 0.29) is 0 Å². The van der Waals surface area contributed by atoms with Crippen molar-refractivity contribution >= 4 is 11.6 Å². The van der Waals surface area contributed by atoms with Gasteiger partial charge in [-0.25, -0.2) is 0 Å². The lowest BCUT2D eigenvalue weighted by atomic mass is 10.2. The molecular weight excluding hydrogens is 224 g/mol. The first-order valence-electron chi connectivity index (χ1n) is 5.04. The average molecular weight is 237 g/mol. The Balaban J connectivity index is 1.94. The molecule has 0 aliphatic heterocycles. The van der Waals surface area contributed by atoms with Gasteiger partial charge >= 0.3 is 0 Å². The third-order valence-corrected chi connectivity index (χ3v) is 2.54. The normalized spacial score (nSPS) is 10.4. The largest absolute Gasteiger partial charge is 0.487 e. The number of alkyl halides is 1. The first-order chi connectivity index (χ1) is 7.78. The zero-order chi connectivity index (χ0) is 11.4. The third kappa shape index (κ3) is 2.76. The Bertz CT molecular complexity index is 450. The predicted octanol–water partition coefficient (Wildman–Crippen LogP) is 2.74. The summed E-state index contributed by atoms with van der Waals surface area (Å²) >= 11 is 5.70. The summed E-state index contributed by atoms with van der Waals surface area (Å²) in [6, 6.07) is 9.69. The summed E-state index contributed by atoms with van der Waals surface area (Å²) in [5, 5.41) is 4.23. The van der Waals surface area contributed by atoms with E-state index in [1.807, 2.05) is 43.6 Å². The minimum Gasteiger partial charge on any atom is -0.487 e. The van der Waals surface area contributed by atoms with Gasteiger partial charge in [-0.3, -0.25) is 4.68 Å². The number of aryl methyl sites for hydroxylation is 1. The van der Waals surface area contributed by atoms with Gasteiger partial charge in [0.05, 0.1) is 5.69 Å². The van der Waals surface area contributed by atoms with Gasteiger partial charge in [-0.15, -0.1) is 11.6 Å². The van der Waals surface area contributed by atoms with E-state index in [2.05, 4.69) is 5.10 Å². The molecule has 1 aromatic heterocycles. The van der Waals surface area contributed by atoms with Gasteiger partial charge < -0.3 is 4.74 Å². The molecule has 0 fully saturated rings. The first kappa shape index (κ1) is 11.0. The van der Waals surface area contributed by atoms with Crippen molar-refractivity contribution < 1.29 is 4.74 Å². The topological polar surface area (TPSA) is 27.1 Å². The molecule has 1 aromatic carbocycles. The van der Waals surface area contributed by atoms with Crippen molar-refractivity contribution in [3.05, 3.63) is 47.8 Å². The molecule has 1 heterocycles. The highest BCUT2D eigenvalue weighted by molar-refractivity contribution is 6.17. The number of ether oxygens (including phenoxy) is 1. The van der Waals surface area contributed by atoms with Gasteiger partial charge in [-0.1, -0.05) is 12.1 Å². The Morgan fingerprint density at radius 2 is 2.00 bits per heavy atom. The molecule has 0 saturated heterocycles. The van der Waals surface area contributed by atoms with E-state index in [1.54, 1.807) is 4.68 Å². The van der Waals surface area contributed by atoms with Crippen LogP contribution in [0.1, 0.15) is 11.3 Å². The van der Waals surface area contributed by atoms with Crippen LogP contribution in [0.5, 0.6) is 5.75 Å². The molecule has 0 amide bonds. The monoisotopic (exact) mass is 236 g/mol. The maximum absolute atomic E-state index is 5.70. The molecule has 0 N–H and O–H groups in total. The molecule has 4 heteroatoms. The average Bonchev–Trinajstić information content (AvgIpc) is 2.73. The van der Waals surface area contributed by atoms with Crippen molar-refractivity contribution in [2.45, 2.75) is 12.5 Å². The summed E-state index contributed by atoms with van der Waals surface area (Å²) < 4.78 is 7.35. The highest BCUT2D eigenvalue weighted by Gasteiger charge is 1.98. The summed E-state index contributed by atoms with van der Waals surface area (Å²) in [6.07, 6.45) is 1.90. The zero-order valence-corrected chi connectivity index (χ0v) is 9.81. The molecule has 0 aliphatic carbocycles. The maximum Gasteiger partial charge on any atom is 0.132 e. The molecule has 0 unspecified atom stereocenters. The molecular formula is C12H13ClN2O. The SMILES string of the molecule is Cn1ccc(COc2ccc(CCl)cc2)n1. The van der Waals surface area contributed by atoms with Crippen molar-refractivity contribution in [3.63, 3.8) is 0 Å². The number of halogens is 1. The molecule has 0 saturated carbocycles. The summed E-state index contributed by atoms with van der Waals surface area (Å²) in [5.74, 6) is 1.36. The van der Waals surface area contributed by atoms with E-state index in [0.29, 0.717) is 12.5 Å². The lowest BCUT2D eigenvalue weighted by Crippen LogP contribution is -1.97. The molecule has 0 aliphatic rings. The van der Waals surface area contributed by atoms with E-state index in [4.69, 9.17) is 16.3 Å². The third-order valence-electron chi connectivity index (χ3n) is 2.23. The standard InChI is InChI=1S/C12H13ClN2O/c1-15-7-6-11(14-15)9-16-12-4-2-10(8-13)3-5-12/h2-7H,8-9H2,1H3. The van der Waals surface area contributed by atoms with Gasteiger partial charge in [0.15, 0.2) is 0 Å². The van der Waals surface area contributed by atoms with Crippen molar-refractivity contribution in [2.24, 2.45) is 7.05 Å². The molecule has 3 nitrogen and oxygen atoms in total. The van der Waals surface area contributed by atoms with Gasteiger partial charge in [0.25, 0.3) is 0 Å². The Kier molecular flexibility index (Phi) is 3.47. The number of aromatic nitrogens is 2. The highest BCUT2D eigenvalue weighted by Crippen LogP contribution is 2.14. The summed E-state index contributed by atoms with van der Waals surface area (Å²) in [5.41, 5.74) is 2.01. The molecule has 0 bridgehead atoms. The second-order valence-electron chi connectivity index (χ2n) is 3.55. The lowest BCUT2D eigenvalue weighted by molar-refractivity contribution is 0.300. The molecule has 84 valence electrons. The molecule has 0 atom stereocenters. The first-order valence-corrected chi connectivity index (χ1v) is 5.57. The van der Waals surface area contributed by atoms with Crippen LogP contribution in [0.15, 0.2) is 36.5 Å². The minimum absolute atomic E-state index is 0.487. The Morgan fingerprint density at radius 3 is 2.56 bits per heavy atom. The molecule has 0 radical (unpaired) electrons. The molecule has 16 heavy (non-hydrogen) atoms. The Labute approximate surface area is 99.6 Å². The van der Waals surface area contributed by atoms with Crippen LogP contribution < -0.4 is 4.74 Å². The minimum atomic E-state index is 0.487. The van der Waals surface area contributed by atoms with Crippen molar-refractivity contribution in [1.29, 1.82) is 0 Å². The van der Waals surface area contributed by atoms with Crippen LogP contribution in [-0.4, -0.2) is 9.78 Å². The summed E-state index contributed by atoms with van der Waals surface area (Å²) in [4.78, 5) is 0. The number of nitrogens with zero attached hydrogens (tertiary/aromatic N) is 2. The van der Waals surface area contributed by atoms with Gasteiger partial charge in [0.2, 0.25) is 0 Å². The van der Waals surface area contributed by atoms with Gasteiger partial charge in [0, 0.05) is 19.1 Å². The van der Waals surface area contributed by atoms with E-state index >= 15 is 0 Å². The Morgan fingerprint density at radius 1 is 1.25 bits per heavy atom. The molecule has 2 rings (SSSR count). The lowest BCUT2D eigenvalue weighted by Gasteiger charge is -2.04. The summed E-state index contributed by atoms with van der Waals surface area (Å²) in [7, 11) is 1.89. The van der Waals surface area contributed by atoms with E-state index < -0.39 is 0 Å². The van der Waals surface area contributed by atoms with Crippen LogP contribution in [0.2, 0.25) is 0 Å². The molecule has 0 spiro atoms. The number of rotatable bonds is 4. The van der Waals surface area contributed by atoms with Crippen molar-refractivity contribution in [1.82, 2.24) is 9.78 Å². The highest BCUT2D eigenvalue weighted by atomic mass is 35.5. The Hall–Kier alpha value is -1.48. The second kappa shape index (κ2) is 5.03. The van der Waals surface area contributed by atoms with Crippen molar-refractivity contribution in [2.75, 3.05) is 0 Å². The second-order valence-corrected chi connectivity index (χ2v) is 3.81. The summed E-state index contributed by atoms with van der Waals surface area (Å²) in [6.45, 7) is 0.487. The van der Waals surface area contributed by atoms with Crippen LogP contribution >= 0.6 is 11.6 Å². The van der Waals surface area contributed by atoms with Crippen molar-refractivity contribution in [3.8, 4) is 5.75 Å². The van der Waals surface area contributed by atoms with Gasteiger partial charge in [-0.05, 0) is 23.8 Å². The van der Waals surface area contributed by atoms with Crippen LogP contribution in [0.4, 0.5) is 0 Å². The van der Waals surface area contributed by atoms with E-state index in [0.717, 1.165) is 17.0 Å². The van der Waals surface area contributed by atoms with Crippen LogP contribution in [0.25, 0.3) is 0 Å². The van der Waals surface area contributed by atoms with Gasteiger partial charge in [0.1, 0.15) is 12.4 Å². The smallest absolute Gasteiger partial charge is 0.132 e. The number of hydrogen-bond acceptors (Lipinski definition) is 2. The van der Waals surface area contributed by atoms with Crippen LogP contribution in [-0.2, 0) is 19.5 Å². The fraction of sp³-hybridized carbons (Fsp3) is 0.250. The predicted molar refractivity (Wildman–Crippen MR) is 63.5 cm³/mol. The van der Waals surface area contributed by atoms with E-state index in [9.17, 15) is 0 Å². The maximum atomic E-state index is 5.70. The number of benzene rings is 1. The fourth-order valence-electron chi connectivity index (χ4n) is 1.37. The van der Waals surface area contributed by atoms with Gasteiger partial charge in [-0.2, -0.15) is 5.10 Å². The van der Waals surface area contributed by atoms with E-state index in [1.165, 1.54) is 0 Å². The quantitative estimate of drug-likeness (QED) is 0.764. The van der Waals surface area contributed by atoms with Crippen LogP contribution in [0.3, 0.4) is 0 Å².